The van der Waals surface area contributed by atoms with Gasteiger partial charge in [-0.1, -0.05) is 0 Å². The molecule has 0 spiro atoms. The van der Waals surface area contributed by atoms with Crippen LogP contribution in [0, 0.1) is 17.8 Å². The van der Waals surface area contributed by atoms with Crippen LogP contribution in [0.4, 0.5) is 0 Å². The summed E-state index contributed by atoms with van der Waals surface area (Å²) in [6, 6.07) is 0. The number of nitrogens with zero attached hydrogens (tertiary/aromatic N) is 2. The Hall–Kier alpha value is -0.160. The van der Waals surface area contributed by atoms with Gasteiger partial charge in [-0.05, 0) is 115 Å². The zero-order valence-corrected chi connectivity index (χ0v) is 15.6. The molecule has 3 aliphatic heterocycles. The average molecular weight is 338 g/mol. The summed E-state index contributed by atoms with van der Waals surface area (Å²) in [7, 11) is 0. The fourth-order valence-corrected chi connectivity index (χ4v) is 4.93. The number of nitrogens with one attached hydrogen (secondary N) is 1. The Morgan fingerprint density at radius 2 is 1.29 bits per heavy atom. The standard InChI is InChI=1S/C20H39N3O/c24-16-8-19-4-12-22(13-5-19)11-3-18-6-14-23(15-7-18)17-20-1-9-21-10-2-20/h18-21,24H,1-17H2. The van der Waals surface area contributed by atoms with E-state index in [1.807, 2.05) is 0 Å². The van der Waals surface area contributed by atoms with Crippen LogP contribution in [-0.4, -0.2) is 73.9 Å². The molecule has 140 valence electrons. The van der Waals surface area contributed by atoms with Crippen LogP contribution in [0.25, 0.3) is 0 Å². The predicted molar refractivity (Wildman–Crippen MR) is 100 cm³/mol. The van der Waals surface area contributed by atoms with Gasteiger partial charge in [0.15, 0.2) is 0 Å². The van der Waals surface area contributed by atoms with Gasteiger partial charge in [0, 0.05) is 13.2 Å². The van der Waals surface area contributed by atoms with Gasteiger partial charge in [-0.3, -0.25) is 0 Å². The van der Waals surface area contributed by atoms with Crippen molar-refractivity contribution in [2.45, 2.75) is 51.4 Å². The molecule has 0 aromatic heterocycles. The van der Waals surface area contributed by atoms with Crippen molar-refractivity contribution < 1.29 is 5.11 Å². The second-order valence-corrected chi connectivity index (χ2v) is 8.52. The van der Waals surface area contributed by atoms with Crippen molar-refractivity contribution in [2.24, 2.45) is 17.8 Å². The highest BCUT2D eigenvalue weighted by atomic mass is 16.3. The molecule has 0 unspecified atom stereocenters. The van der Waals surface area contributed by atoms with Crippen LogP contribution in [0.2, 0.25) is 0 Å². The van der Waals surface area contributed by atoms with E-state index in [2.05, 4.69) is 15.1 Å². The average Bonchev–Trinajstić information content (AvgIpc) is 2.63. The van der Waals surface area contributed by atoms with E-state index in [1.165, 1.54) is 97.3 Å². The van der Waals surface area contributed by atoms with E-state index in [0.717, 1.165) is 24.2 Å². The largest absolute Gasteiger partial charge is 0.396 e. The summed E-state index contributed by atoms with van der Waals surface area (Å²) >= 11 is 0. The van der Waals surface area contributed by atoms with E-state index in [-0.39, 0.29) is 0 Å². The Morgan fingerprint density at radius 1 is 0.708 bits per heavy atom. The fourth-order valence-electron chi connectivity index (χ4n) is 4.93. The van der Waals surface area contributed by atoms with E-state index in [1.54, 1.807) is 0 Å². The van der Waals surface area contributed by atoms with E-state index >= 15 is 0 Å². The molecule has 3 aliphatic rings. The number of aliphatic hydroxyl groups is 1. The highest BCUT2D eigenvalue weighted by Crippen LogP contribution is 2.25. The molecule has 0 saturated carbocycles. The van der Waals surface area contributed by atoms with Gasteiger partial charge in [0.25, 0.3) is 0 Å². The van der Waals surface area contributed by atoms with Gasteiger partial charge in [0.05, 0.1) is 0 Å². The molecule has 0 bridgehead atoms. The van der Waals surface area contributed by atoms with Crippen LogP contribution in [0.3, 0.4) is 0 Å². The van der Waals surface area contributed by atoms with Crippen LogP contribution in [0.5, 0.6) is 0 Å². The number of hydrogen-bond acceptors (Lipinski definition) is 4. The quantitative estimate of drug-likeness (QED) is 0.747. The maximum Gasteiger partial charge on any atom is 0.0433 e. The highest BCUT2D eigenvalue weighted by molar-refractivity contribution is 4.79. The summed E-state index contributed by atoms with van der Waals surface area (Å²) in [5, 5.41) is 12.5. The second-order valence-electron chi connectivity index (χ2n) is 8.52. The molecule has 4 heteroatoms. The molecular formula is C20H39N3O. The minimum atomic E-state index is 0.376. The minimum Gasteiger partial charge on any atom is -0.396 e. The van der Waals surface area contributed by atoms with E-state index < -0.39 is 0 Å². The molecule has 0 aromatic rings. The number of hydrogen-bond donors (Lipinski definition) is 2. The number of likely N-dealkylation sites (tertiary alicyclic amines) is 2. The maximum absolute atomic E-state index is 9.06. The summed E-state index contributed by atoms with van der Waals surface area (Å²) in [5.74, 6) is 2.69. The smallest absolute Gasteiger partial charge is 0.0433 e. The Labute approximate surface area is 149 Å². The Morgan fingerprint density at radius 3 is 1.92 bits per heavy atom. The number of rotatable bonds is 7. The number of piperidine rings is 3. The molecule has 0 aliphatic carbocycles. The Balaban J connectivity index is 1.26. The monoisotopic (exact) mass is 337 g/mol. The van der Waals surface area contributed by atoms with Gasteiger partial charge in [-0.25, -0.2) is 0 Å². The lowest BCUT2D eigenvalue weighted by molar-refractivity contribution is 0.123. The van der Waals surface area contributed by atoms with Crippen molar-refractivity contribution in [1.29, 1.82) is 0 Å². The van der Waals surface area contributed by atoms with Crippen molar-refractivity contribution in [3.05, 3.63) is 0 Å². The molecule has 0 atom stereocenters. The van der Waals surface area contributed by atoms with Gasteiger partial charge >= 0.3 is 0 Å². The molecule has 3 saturated heterocycles. The molecule has 3 heterocycles. The zero-order chi connectivity index (χ0) is 16.6. The van der Waals surface area contributed by atoms with Crippen molar-refractivity contribution in [3.63, 3.8) is 0 Å². The molecular weight excluding hydrogens is 298 g/mol. The summed E-state index contributed by atoms with van der Waals surface area (Å²) < 4.78 is 0. The van der Waals surface area contributed by atoms with E-state index in [0.29, 0.717) is 6.61 Å². The van der Waals surface area contributed by atoms with Gasteiger partial charge in [-0.2, -0.15) is 0 Å². The summed E-state index contributed by atoms with van der Waals surface area (Å²) in [4.78, 5) is 5.42. The molecule has 2 N–H and O–H groups in total. The predicted octanol–water partition coefficient (Wildman–Crippen LogP) is 2.18. The van der Waals surface area contributed by atoms with Crippen LogP contribution >= 0.6 is 0 Å². The van der Waals surface area contributed by atoms with Gasteiger partial charge < -0.3 is 20.2 Å². The molecule has 0 aromatic carbocycles. The summed E-state index contributed by atoms with van der Waals surface area (Å²) in [5.41, 5.74) is 0. The first-order valence-corrected chi connectivity index (χ1v) is 10.6. The zero-order valence-electron chi connectivity index (χ0n) is 15.6. The van der Waals surface area contributed by atoms with Gasteiger partial charge in [0.2, 0.25) is 0 Å². The lowest BCUT2D eigenvalue weighted by Crippen LogP contribution is -2.41. The summed E-state index contributed by atoms with van der Waals surface area (Å²) in [6.07, 6.45) is 10.6. The van der Waals surface area contributed by atoms with Gasteiger partial charge in [0.1, 0.15) is 0 Å². The lowest BCUT2D eigenvalue weighted by Gasteiger charge is -2.37. The lowest BCUT2D eigenvalue weighted by atomic mass is 9.90. The van der Waals surface area contributed by atoms with Crippen LogP contribution < -0.4 is 5.32 Å². The van der Waals surface area contributed by atoms with Crippen molar-refractivity contribution in [3.8, 4) is 0 Å². The maximum atomic E-state index is 9.06. The first-order valence-electron chi connectivity index (χ1n) is 10.6. The third-order valence-electron chi connectivity index (χ3n) is 6.78. The van der Waals surface area contributed by atoms with E-state index in [9.17, 15) is 0 Å². The van der Waals surface area contributed by atoms with Crippen molar-refractivity contribution >= 4 is 0 Å². The molecule has 24 heavy (non-hydrogen) atoms. The highest BCUT2D eigenvalue weighted by Gasteiger charge is 2.24. The minimum absolute atomic E-state index is 0.376. The summed E-state index contributed by atoms with van der Waals surface area (Å²) in [6.45, 7) is 10.7. The third kappa shape index (κ3) is 5.98. The third-order valence-corrected chi connectivity index (χ3v) is 6.78. The first-order chi connectivity index (χ1) is 11.8. The molecule has 4 nitrogen and oxygen atoms in total. The second kappa shape index (κ2) is 10.1. The fraction of sp³-hybridized carbons (Fsp3) is 1.00. The topological polar surface area (TPSA) is 38.7 Å². The molecule has 3 rings (SSSR count). The van der Waals surface area contributed by atoms with Gasteiger partial charge in [-0.15, -0.1) is 0 Å². The van der Waals surface area contributed by atoms with Crippen molar-refractivity contribution in [1.82, 2.24) is 15.1 Å². The Kier molecular flexibility index (Phi) is 7.84. The molecule has 0 radical (unpaired) electrons. The first kappa shape index (κ1) is 18.6. The molecule has 3 fully saturated rings. The SMILES string of the molecule is OCCC1CCN(CCC2CCN(CC3CCNCC3)CC2)CC1. The Bertz CT molecular complexity index is 330. The normalized spacial score (nSPS) is 26.9. The van der Waals surface area contributed by atoms with Crippen LogP contribution in [0.15, 0.2) is 0 Å². The van der Waals surface area contributed by atoms with Crippen LogP contribution in [-0.2, 0) is 0 Å². The van der Waals surface area contributed by atoms with E-state index in [4.69, 9.17) is 5.11 Å². The van der Waals surface area contributed by atoms with Crippen molar-refractivity contribution in [2.75, 3.05) is 59.0 Å². The number of aliphatic hydroxyl groups excluding tert-OH is 1. The van der Waals surface area contributed by atoms with Crippen LogP contribution in [0.1, 0.15) is 51.4 Å². The molecule has 0 amide bonds.